The number of anilines is 1. The standard InChI is InChI=1S/C14H11ClN8O5S3/c15-12-19-20-14(30-12)29-4-2-1-3-5(10(25)23(3)7(4)11(26)27)17-9(24)6(21-28)8-18-13(16)31-22-8/h3,5,28H,1-2H2,(H,17,24)(H,26,27)(H2,16,18,22)/b21-6-/t3-,5?/m1/s1. The number of rotatable bonds is 6. The quantitative estimate of drug-likeness (QED) is 0.184. The van der Waals surface area contributed by atoms with Crippen molar-refractivity contribution in [1.82, 2.24) is 29.8 Å². The Morgan fingerprint density at radius 3 is 2.74 bits per heavy atom. The van der Waals surface area contributed by atoms with E-state index in [0.717, 1.165) is 39.5 Å². The molecule has 2 aliphatic heterocycles. The van der Waals surface area contributed by atoms with Gasteiger partial charge < -0.3 is 21.4 Å². The number of carboxylic acid groups (broad SMARTS) is 1. The van der Waals surface area contributed by atoms with Crippen molar-refractivity contribution in [2.45, 2.75) is 29.3 Å². The molecule has 0 saturated carbocycles. The number of nitrogens with two attached hydrogens (primary N) is 1. The summed E-state index contributed by atoms with van der Waals surface area (Å²) in [4.78, 5) is 42.4. The van der Waals surface area contributed by atoms with Crippen LogP contribution in [0.5, 0.6) is 0 Å². The number of aliphatic carboxylic acids is 1. The zero-order chi connectivity index (χ0) is 22.3. The van der Waals surface area contributed by atoms with Crippen LogP contribution in [0.25, 0.3) is 0 Å². The third-order valence-corrected chi connectivity index (χ3v) is 7.20. The zero-order valence-corrected chi connectivity index (χ0v) is 18.3. The molecule has 0 aromatic carbocycles. The van der Waals surface area contributed by atoms with E-state index in [1.165, 1.54) is 0 Å². The molecule has 2 atom stereocenters. The highest BCUT2D eigenvalue weighted by molar-refractivity contribution is 8.04. The number of thioether (sulfide) groups is 1. The summed E-state index contributed by atoms with van der Waals surface area (Å²) in [6.07, 6.45) is 0.741. The van der Waals surface area contributed by atoms with E-state index in [4.69, 9.17) is 22.5 Å². The first-order valence-corrected chi connectivity index (χ1v) is 11.2. The van der Waals surface area contributed by atoms with Crippen LogP contribution in [0.15, 0.2) is 20.1 Å². The molecule has 2 aromatic rings. The van der Waals surface area contributed by atoms with Gasteiger partial charge in [0.15, 0.2) is 9.47 Å². The normalized spacial score (nSPS) is 21.0. The van der Waals surface area contributed by atoms with Crippen molar-refractivity contribution >= 4 is 74.9 Å². The van der Waals surface area contributed by atoms with Crippen LogP contribution in [-0.2, 0) is 14.4 Å². The highest BCUT2D eigenvalue weighted by Gasteiger charge is 2.54. The van der Waals surface area contributed by atoms with Gasteiger partial charge in [-0.3, -0.25) is 14.5 Å². The van der Waals surface area contributed by atoms with Gasteiger partial charge in [-0.05, 0) is 24.4 Å². The number of nitrogens with one attached hydrogen (secondary N) is 1. The molecule has 0 aliphatic carbocycles. The fourth-order valence-corrected chi connectivity index (χ4v) is 5.84. The minimum absolute atomic E-state index is 0.0695. The fraction of sp³-hybridized carbons (Fsp3) is 0.286. The Kier molecular flexibility index (Phi) is 5.78. The van der Waals surface area contributed by atoms with Crippen LogP contribution in [0, 0.1) is 0 Å². The summed E-state index contributed by atoms with van der Waals surface area (Å²) in [6, 6.07) is -1.56. The Morgan fingerprint density at radius 2 is 2.16 bits per heavy atom. The van der Waals surface area contributed by atoms with Crippen molar-refractivity contribution in [3.05, 3.63) is 20.9 Å². The highest BCUT2D eigenvalue weighted by atomic mass is 35.5. The van der Waals surface area contributed by atoms with Crippen molar-refractivity contribution in [2.75, 3.05) is 5.73 Å². The third-order valence-electron chi connectivity index (χ3n) is 4.44. The predicted molar refractivity (Wildman–Crippen MR) is 110 cm³/mol. The second kappa shape index (κ2) is 8.37. The molecule has 1 saturated heterocycles. The van der Waals surface area contributed by atoms with E-state index < -0.39 is 35.6 Å². The second-order valence-electron chi connectivity index (χ2n) is 6.17. The fourth-order valence-electron chi connectivity index (χ4n) is 3.20. The molecule has 17 heteroatoms. The third kappa shape index (κ3) is 3.93. The average molecular weight is 503 g/mol. The topological polar surface area (TPSA) is 197 Å². The summed E-state index contributed by atoms with van der Waals surface area (Å²) >= 11 is 8.75. The first-order valence-electron chi connectivity index (χ1n) is 8.39. The maximum absolute atomic E-state index is 12.7. The lowest BCUT2D eigenvalue weighted by Crippen LogP contribution is -2.72. The Labute approximate surface area is 190 Å². The lowest BCUT2D eigenvalue weighted by Gasteiger charge is -2.49. The zero-order valence-electron chi connectivity index (χ0n) is 15.1. The number of allylic oxidation sites excluding steroid dienone is 1. The molecule has 5 N–H and O–H groups in total. The van der Waals surface area contributed by atoms with E-state index in [2.05, 4.69) is 30.0 Å². The maximum atomic E-state index is 12.7. The smallest absolute Gasteiger partial charge is 0.353 e. The summed E-state index contributed by atoms with van der Waals surface area (Å²) in [6.45, 7) is 0. The number of hydrogen-bond donors (Lipinski definition) is 4. The average Bonchev–Trinajstić information content (AvgIpc) is 3.34. The molecule has 2 aliphatic rings. The Balaban J connectivity index is 1.52. The first kappa shape index (κ1) is 21.4. The van der Waals surface area contributed by atoms with Crippen molar-refractivity contribution in [3.8, 4) is 0 Å². The van der Waals surface area contributed by atoms with E-state index in [1.54, 1.807) is 0 Å². The Morgan fingerprint density at radius 1 is 1.39 bits per heavy atom. The molecule has 0 bridgehead atoms. The molecule has 1 unspecified atom stereocenters. The van der Waals surface area contributed by atoms with Gasteiger partial charge in [-0.1, -0.05) is 28.3 Å². The number of carbonyl (C=O) groups is 3. The molecule has 0 spiro atoms. The highest BCUT2D eigenvalue weighted by Crippen LogP contribution is 2.43. The van der Waals surface area contributed by atoms with Crippen LogP contribution in [0.3, 0.4) is 0 Å². The van der Waals surface area contributed by atoms with Gasteiger partial charge >= 0.3 is 5.97 Å². The van der Waals surface area contributed by atoms with E-state index in [0.29, 0.717) is 22.1 Å². The molecule has 2 amide bonds. The number of fused-ring (bicyclic) bond motifs is 1. The van der Waals surface area contributed by atoms with Crippen molar-refractivity contribution < 1.29 is 24.7 Å². The molecule has 4 heterocycles. The van der Waals surface area contributed by atoms with Crippen molar-refractivity contribution in [3.63, 3.8) is 0 Å². The van der Waals surface area contributed by atoms with Crippen LogP contribution in [0.2, 0.25) is 4.47 Å². The van der Waals surface area contributed by atoms with Gasteiger partial charge in [0, 0.05) is 16.4 Å². The lowest BCUT2D eigenvalue weighted by atomic mass is 9.86. The number of amides is 2. The maximum Gasteiger partial charge on any atom is 0.353 e. The number of carboxylic acids is 1. The van der Waals surface area contributed by atoms with Gasteiger partial charge in [-0.25, -0.2) is 4.79 Å². The number of aromatic nitrogens is 4. The second-order valence-corrected chi connectivity index (χ2v) is 9.86. The predicted octanol–water partition coefficient (Wildman–Crippen LogP) is 0.381. The van der Waals surface area contributed by atoms with E-state index in [-0.39, 0.29) is 21.1 Å². The number of nitrogens with zero attached hydrogens (tertiary/aromatic N) is 6. The number of halogens is 1. The Bertz CT molecular complexity index is 1150. The number of carbonyl (C=O) groups excluding carboxylic acids is 2. The number of β-lactam (4-membered cyclic amide) rings is 1. The van der Waals surface area contributed by atoms with E-state index in [1.807, 2.05) is 0 Å². The minimum atomic E-state index is -1.28. The first-order chi connectivity index (χ1) is 14.8. The van der Waals surface area contributed by atoms with Crippen LogP contribution >= 0.6 is 46.2 Å². The van der Waals surface area contributed by atoms with Crippen LogP contribution in [0.1, 0.15) is 18.7 Å². The summed E-state index contributed by atoms with van der Waals surface area (Å²) in [5.41, 5.74) is 4.79. The van der Waals surface area contributed by atoms with E-state index in [9.17, 15) is 19.5 Å². The largest absolute Gasteiger partial charge is 0.477 e. The number of hydrogen-bond acceptors (Lipinski definition) is 13. The van der Waals surface area contributed by atoms with Crippen LogP contribution < -0.4 is 11.1 Å². The van der Waals surface area contributed by atoms with E-state index >= 15 is 0 Å². The van der Waals surface area contributed by atoms with Gasteiger partial charge in [0.25, 0.3) is 11.8 Å². The molecule has 1 fully saturated rings. The van der Waals surface area contributed by atoms with Gasteiger partial charge in [0.2, 0.25) is 16.0 Å². The monoisotopic (exact) mass is 502 g/mol. The van der Waals surface area contributed by atoms with Gasteiger partial charge in [0.1, 0.15) is 11.7 Å². The minimum Gasteiger partial charge on any atom is -0.477 e. The molecule has 4 rings (SSSR count). The number of oxime groups is 1. The van der Waals surface area contributed by atoms with Crippen LogP contribution in [0.4, 0.5) is 5.13 Å². The molecule has 2 aromatic heterocycles. The molecule has 162 valence electrons. The molecular formula is C14H11ClN8O5S3. The summed E-state index contributed by atoms with van der Waals surface area (Å²) in [5.74, 6) is -2.95. The number of nitrogen functional groups attached to an aromatic ring is 1. The summed E-state index contributed by atoms with van der Waals surface area (Å²) < 4.78 is 4.47. The van der Waals surface area contributed by atoms with Crippen molar-refractivity contribution in [2.24, 2.45) is 5.16 Å². The molecule has 31 heavy (non-hydrogen) atoms. The molecular weight excluding hydrogens is 492 g/mol. The molecule has 0 radical (unpaired) electrons. The van der Waals surface area contributed by atoms with Gasteiger partial charge in [-0.15, -0.1) is 10.2 Å². The Hall–Kier alpha value is -2.82. The van der Waals surface area contributed by atoms with Crippen molar-refractivity contribution in [1.29, 1.82) is 0 Å². The van der Waals surface area contributed by atoms with Crippen LogP contribution in [-0.4, -0.2) is 70.3 Å². The summed E-state index contributed by atoms with van der Waals surface area (Å²) in [7, 11) is 0. The lowest BCUT2D eigenvalue weighted by molar-refractivity contribution is -0.155. The SMILES string of the molecule is Nc1nc(/C(=N/O)C(=O)NC2C(=O)N3C(C(=O)O)=C(Sc4nnc(Cl)s4)CC[C@H]23)ns1. The van der Waals surface area contributed by atoms with Gasteiger partial charge in [0.05, 0.1) is 6.04 Å². The summed E-state index contributed by atoms with van der Waals surface area (Å²) in [5, 5.41) is 31.8. The van der Waals surface area contributed by atoms with Gasteiger partial charge in [-0.2, -0.15) is 9.36 Å². The molecule has 13 nitrogen and oxygen atoms in total.